The SMILES string of the molecule is Cc1cccc(CN(C)c2cc(C(=N)N)cc(C)n2)n1. The number of amidine groups is 1. The lowest BCUT2D eigenvalue weighted by Gasteiger charge is -2.19. The maximum Gasteiger partial charge on any atom is 0.129 e. The Balaban J connectivity index is 2.25. The largest absolute Gasteiger partial charge is 0.384 e. The fourth-order valence-corrected chi connectivity index (χ4v) is 2.01. The second kappa shape index (κ2) is 5.69. The zero-order chi connectivity index (χ0) is 14.7. The standard InChI is InChI=1S/C15H19N5/c1-10-5-4-6-13(18-10)9-20(3)14-8-12(15(16)17)7-11(2)19-14/h4-8H,9H2,1-3H3,(H3,16,17). The first kappa shape index (κ1) is 14.0. The van der Waals surface area contributed by atoms with Crippen LogP contribution in [0.5, 0.6) is 0 Å². The van der Waals surface area contributed by atoms with Gasteiger partial charge in [0.2, 0.25) is 0 Å². The molecule has 0 unspecified atom stereocenters. The number of hydrogen-bond donors (Lipinski definition) is 2. The van der Waals surface area contributed by atoms with Crippen molar-refractivity contribution in [3.63, 3.8) is 0 Å². The quantitative estimate of drug-likeness (QED) is 0.657. The third kappa shape index (κ3) is 3.32. The summed E-state index contributed by atoms with van der Waals surface area (Å²) in [6, 6.07) is 9.60. The van der Waals surface area contributed by atoms with E-state index >= 15 is 0 Å². The Morgan fingerprint density at radius 3 is 2.60 bits per heavy atom. The van der Waals surface area contributed by atoms with Gasteiger partial charge in [-0.15, -0.1) is 0 Å². The Morgan fingerprint density at radius 1 is 1.20 bits per heavy atom. The van der Waals surface area contributed by atoms with Crippen LogP contribution in [0.25, 0.3) is 0 Å². The molecule has 5 nitrogen and oxygen atoms in total. The van der Waals surface area contributed by atoms with E-state index in [1.807, 2.05) is 56.1 Å². The van der Waals surface area contributed by atoms with Gasteiger partial charge in [0.25, 0.3) is 0 Å². The Morgan fingerprint density at radius 2 is 1.95 bits per heavy atom. The highest BCUT2D eigenvalue weighted by molar-refractivity contribution is 5.95. The number of anilines is 1. The molecule has 0 amide bonds. The van der Waals surface area contributed by atoms with E-state index in [0.29, 0.717) is 12.1 Å². The van der Waals surface area contributed by atoms with Gasteiger partial charge in [0, 0.05) is 24.0 Å². The van der Waals surface area contributed by atoms with Gasteiger partial charge in [-0.05, 0) is 38.1 Å². The van der Waals surface area contributed by atoms with Crippen LogP contribution in [0.3, 0.4) is 0 Å². The molecule has 0 aliphatic heterocycles. The van der Waals surface area contributed by atoms with Gasteiger partial charge in [0.05, 0.1) is 12.2 Å². The molecule has 0 aromatic carbocycles. The summed E-state index contributed by atoms with van der Waals surface area (Å²) in [6.07, 6.45) is 0. The summed E-state index contributed by atoms with van der Waals surface area (Å²) in [6.45, 7) is 4.53. The summed E-state index contributed by atoms with van der Waals surface area (Å²) in [5.41, 5.74) is 9.07. The molecule has 2 heterocycles. The van der Waals surface area contributed by atoms with Crippen LogP contribution in [0.1, 0.15) is 22.6 Å². The van der Waals surface area contributed by atoms with Crippen LogP contribution in [-0.2, 0) is 6.54 Å². The average Bonchev–Trinajstić information content (AvgIpc) is 2.37. The molecule has 104 valence electrons. The van der Waals surface area contributed by atoms with E-state index in [1.54, 1.807) is 0 Å². The Labute approximate surface area is 119 Å². The number of pyridine rings is 2. The molecular weight excluding hydrogens is 250 g/mol. The smallest absolute Gasteiger partial charge is 0.129 e. The van der Waals surface area contributed by atoms with Crippen LogP contribution in [0.2, 0.25) is 0 Å². The maximum atomic E-state index is 7.54. The normalized spacial score (nSPS) is 10.3. The van der Waals surface area contributed by atoms with Crippen molar-refractivity contribution in [3.8, 4) is 0 Å². The lowest BCUT2D eigenvalue weighted by atomic mass is 10.2. The average molecular weight is 269 g/mol. The van der Waals surface area contributed by atoms with Gasteiger partial charge >= 0.3 is 0 Å². The molecule has 0 aliphatic rings. The predicted octanol–water partition coefficient (Wildman–Crippen LogP) is 2.01. The van der Waals surface area contributed by atoms with Crippen LogP contribution in [0.15, 0.2) is 30.3 Å². The molecule has 0 radical (unpaired) electrons. The van der Waals surface area contributed by atoms with Crippen molar-refractivity contribution >= 4 is 11.7 Å². The van der Waals surface area contributed by atoms with Crippen molar-refractivity contribution in [1.82, 2.24) is 9.97 Å². The van der Waals surface area contributed by atoms with Crippen LogP contribution in [0.4, 0.5) is 5.82 Å². The Hall–Kier alpha value is -2.43. The highest BCUT2D eigenvalue weighted by Gasteiger charge is 2.08. The highest BCUT2D eigenvalue weighted by Crippen LogP contribution is 2.15. The zero-order valence-corrected chi connectivity index (χ0v) is 12.0. The molecule has 0 spiro atoms. The molecule has 0 saturated carbocycles. The summed E-state index contributed by atoms with van der Waals surface area (Å²) in [4.78, 5) is 11.0. The molecule has 0 fully saturated rings. The molecule has 0 saturated heterocycles. The van der Waals surface area contributed by atoms with Crippen LogP contribution >= 0.6 is 0 Å². The number of aromatic nitrogens is 2. The monoisotopic (exact) mass is 269 g/mol. The third-order valence-corrected chi connectivity index (χ3v) is 2.99. The maximum absolute atomic E-state index is 7.54. The van der Waals surface area contributed by atoms with E-state index < -0.39 is 0 Å². The minimum absolute atomic E-state index is 0.0545. The summed E-state index contributed by atoms with van der Waals surface area (Å²) in [7, 11) is 1.95. The van der Waals surface area contributed by atoms with Crippen molar-refractivity contribution in [3.05, 3.63) is 53.0 Å². The van der Waals surface area contributed by atoms with Crippen molar-refractivity contribution < 1.29 is 0 Å². The zero-order valence-electron chi connectivity index (χ0n) is 12.0. The first-order valence-electron chi connectivity index (χ1n) is 6.42. The van der Waals surface area contributed by atoms with Crippen molar-refractivity contribution in [2.45, 2.75) is 20.4 Å². The van der Waals surface area contributed by atoms with E-state index in [-0.39, 0.29) is 5.84 Å². The minimum atomic E-state index is 0.0545. The third-order valence-electron chi connectivity index (χ3n) is 2.99. The van der Waals surface area contributed by atoms with Gasteiger partial charge in [-0.3, -0.25) is 10.4 Å². The molecule has 2 aromatic rings. The lowest BCUT2D eigenvalue weighted by molar-refractivity contribution is 0.855. The van der Waals surface area contributed by atoms with Crippen LogP contribution < -0.4 is 10.6 Å². The number of aryl methyl sites for hydroxylation is 2. The molecule has 2 rings (SSSR count). The number of hydrogen-bond acceptors (Lipinski definition) is 4. The van der Waals surface area contributed by atoms with E-state index in [2.05, 4.69) is 9.97 Å². The Bertz CT molecular complexity index is 636. The van der Waals surface area contributed by atoms with E-state index in [9.17, 15) is 0 Å². The number of nitrogen functional groups attached to an aromatic ring is 1. The number of nitrogens with two attached hydrogens (primary N) is 1. The van der Waals surface area contributed by atoms with Gasteiger partial charge in [-0.2, -0.15) is 0 Å². The summed E-state index contributed by atoms with van der Waals surface area (Å²) in [5.74, 6) is 0.845. The van der Waals surface area contributed by atoms with Crippen molar-refractivity contribution in [2.24, 2.45) is 5.73 Å². The van der Waals surface area contributed by atoms with Gasteiger partial charge in [-0.25, -0.2) is 4.98 Å². The molecule has 0 atom stereocenters. The molecule has 3 N–H and O–H groups in total. The van der Waals surface area contributed by atoms with Crippen molar-refractivity contribution in [1.29, 1.82) is 5.41 Å². The van der Waals surface area contributed by atoms with Gasteiger partial charge < -0.3 is 10.6 Å². The van der Waals surface area contributed by atoms with Gasteiger partial charge in [0.15, 0.2) is 0 Å². The first-order valence-corrected chi connectivity index (χ1v) is 6.42. The number of rotatable bonds is 4. The van der Waals surface area contributed by atoms with Crippen LogP contribution in [0, 0.1) is 19.3 Å². The summed E-state index contributed by atoms with van der Waals surface area (Å²) < 4.78 is 0. The second-order valence-electron chi connectivity index (χ2n) is 4.90. The second-order valence-corrected chi connectivity index (χ2v) is 4.90. The molecule has 0 bridgehead atoms. The first-order chi connectivity index (χ1) is 9.45. The van der Waals surface area contributed by atoms with Crippen LogP contribution in [-0.4, -0.2) is 22.9 Å². The number of nitrogens with one attached hydrogen (secondary N) is 1. The number of nitrogens with zero attached hydrogens (tertiary/aromatic N) is 3. The summed E-state index contributed by atoms with van der Waals surface area (Å²) >= 11 is 0. The molecule has 20 heavy (non-hydrogen) atoms. The van der Waals surface area contributed by atoms with Gasteiger partial charge in [0.1, 0.15) is 11.7 Å². The van der Waals surface area contributed by atoms with Crippen molar-refractivity contribution in [2.75, 3.05) is 11.9 Å². The van der Waals surface area contributed by atoms with E-state index in [4.69, 9.17) is 11.1 Å². The summed E-state index contributed by atoms with van der Waals surface area (Å²) in [5, 5.41) is 7.54. The fourth-order valence-electron chi connectivity index (χ4n) is 2.01. The van der Waals surface area contributed by atoms with Gasteiger partial charge in [-0.1, -0.05) is 6.07 Å². The molecule has 2 aromatic heterocycles. The molecule has 0 aliphatic carbocycles. The molecular formula is C15H19N5. The van der Waals surface area contributed by atoms with E-state index in [0.717, 1.165) is 22.9 Å². The Kier molecular flexibility index (Phi) is 3.98. The highest BCUT2D eigenvalue weighted by atomic mass is 15.2. The predicted molar refractivity (Wildman–Crippen MR) is 81.1 cm³/mol. The fraction of sp³-hybridized carbons (Fsp3) is 0.267. The minimum Gasteiger partial charge on any atom is -0.384 e. The molecule has 5 heteroatoms. The van der Waals surface area contributed by atoms with E-state index in [1.165, 1.54) is 0 Å². The lowest BCUT2D eigenvalue weighted by Crippen LogP contribution is -2.20. The topological polar surface area (TPSA) is 78.9 Å².